The van der Waals surface area contributed by atoms with E-state index in [9.17, 15) is 22.7 Å². The highest BCUT2D eigenvalue weighted by molar-refractivity contribution is 5.91. The van der Waals surface area contributed by atoms with Gasteiger partial charge in [-0.15, -0.1) is 0 Å². The minimum absolute atomic E-state index is 0.0129. The number of allylic oxidation sites excluding steroid dienone is 1. The van der Waals surface area contributed by atoms with Crippen LogP contribution in [0.1, 0.15) is 44.5 Å². The van der Waals surface area contributed by atoms with Crippen molar-refractivity contribution < 1.29 is 22.7 Å². The van der Waals surface area contributed by atoms with E-state index in [1.165, 1.54) is 34.9 Å². The fourth-order valence-corrected chi connectivity index (χ4v) is 6.78. The third kappa shape index (κ3) is 3.20. The molecule has 0 saturated heterocycles. The monoisotopic (exact) mass is 498 g/mol. The van der Waals surface area contributed by atoms with Crippen molar-refractivity contribution in [2.45, 2.75) is 31.3 Å². The van der Waals surface area contributed by atoms with Gasteiger partial charge in [0.05, 0.1) is 0 Å². The summed E-state index contributed by atoms with van der Waals surface area (Å²) >= 11 is 0. The van der Waals surface area contributed by atoms with Gasteiger partial charge < -0.3 is 5.11 Å². The molecule has 0 heterocycles. The van der Waals surface area contributed by atoms with Gasteiger partial charge in [0.1, 0.15) is 5.60 Å². The molecule has 1 N–H and O–H groups in total. The lowest BCUT2D eigenvalue weighted by Crippen LogP contribution is -2.28. The highest BCUT2D eigenvalue weighted by Crippen LogP contribution is 2.53. The molecule has 0 amide bonds. The third-order valence-corrected chi connectivity index (χ3v) is 8.37. The van der Waals surface area contributed by atoms with Crippen molar-refractivity contribution in [1.82, 2.24) is 0 Å². The number of fused-ring (bicyclic) bond motifs is 9. The molecular formula is C32H22F4O. The molecule has 4 aromatic carbocycles. The van der Waals surface area contributed by atoms with E-state index in [1.807, 2.05) is 36.4 Å². The van der Waals surface area contributed by atoms with Crippen molar-refractivity contribution in [3.8, 4) is 0 Å². The van der Waals surface area contributed by atoms with Gasteiger partial charge in [-0.2, -0.15) is 0 Å². The second-order valence-corrected chi connectivity index (χ2v) is 10.4. The Morgan fingerprint density at radius 3 is 2.00 bits per heavy atom. The Morgan fingerprint density at radius 2 is 1.19 bits per heavy atom. The molecule has 184 valence electrons. The maximum Gasteiger partial charge on any atom is 0.159 e. The van der Waals surface area contributed by atoms with E-state index in [2.05, 4.69) is 12.1 Å². The molecule has 37 heavy (non-hydrogen) atoms. The molecule has 1 nitrogen and oxygen atoms in total. The maximum absolute atomic E-state index is 13.5. The second kappa shape index (κ2) is 7.90. The highest BCUT2D eigenvalue weighted by Gasteiger charge is 2.52. The van der Waals surface area contributed by atoms with Crippen LogP contribution in [0.4, 0.5) is 17.6 Å². The van der Waals surface area contributed by atoms with Gasteiger partial charge in [-0.1, -0.05) is 54.1 Å². The van der Waals surface area contributed by atoms with Crippen molar-refractivity contribution in [2.75, 3.05) is 0 Å². The molecule has 0 aromatic heterocycles. The lowest BCUT2D eigenvalue weighted by molar-refractivity contribution is 0.0439. The number of rotatable bonds is 0. The minimum Gasteiger partial charge on any atom is -0.380 e. The van der Waals surface area contributed by atoms with Crippen LogP contribution in [0.15, 0.2) is 78.4 Å². The van der Waals surface area contributed by atoms with Crippen molar-refractivity contribution in [3.05, 3.63) is 146 Å². The molecule has 2 unspecified atom stereocenters. The first-order valence-corrected chi connectivity index (χ1v) is 12.4. The fourth-order valence-electron chi connectivity index (χ4n) is 6.78. The van der Waals surface area contributed by atoms with Gasteiger partial charge >= 0.3 is 0 Å². The van der Waals surface area contributed by atoms with Gasteiger partial charge in [-0.3, -0.25) is 0 Å². The van der Waals surface area contributed by atoms with E-state index in [4.69, 9.17) is 0 Å². The predicted molar refractivity (Wildman–Crippen MR) is 133 cm³/mol. The lowest BCUT2D eigenvalue weighted by Gasteiger charge is -2.25. The Labute approximate surface area is 211 Å². The summed E-state index contributed by atoms with van der Waals surface area (Å²) in [7, 11) is 0. The van der Waals surface area contributed by atoms with Crippen LogP contribution >= 0.6 is 0 Å². The predicted octanol–water partition coefficient (Wildman–Crippen LogP) is 6.81. The molecule has 5 heteroatoms. The Hall–Kier alpha value is -3.70. The number of halogens is 4. The molecule has 0 aliphatic heterocycles. The first-order chi connectivity index (χ1) is 17.8. The minimum atomic E-state index is -1.15. The quantitative estimate of drug-likeness (QED) is 0.264. The summed E-state index contributed by atoms with van der Waals surface area (Å²) in [6, 6.07) is 20.9. The standard InChI is InChI=1S/C16H12F2O.C16H10F2/c17-14-7-10-6-11-5-9-3-1-2-4-12(9)16(11,19)13(10)8-15(14)18;17-14-7-10-6-11-5-9-3-1-2-4-12(9)16(11)13(10)8-15(14)18/h1-4,7-8,11,19H,5-6H2;1-4,7-8H,5-6H2. The maximum atomic E-state index is 13.5. The van der Waals surface area contributed by atoms with Gasteiger partial charge in [0.15, 0.2) is 23.3 Å². The zero-order chi connectivity index (χ0) is 25.5. The largest absolute Gasteiger partial charge is 0.380 e. The zero-order valence-corrected chi connectivity index (χ0v) is 19.8. The SMILES string of the molecule is Fc1cc2c(cc1F)C1=C(Cc3ccccc31)C2.OC12c3ccccc3CC1Cc1cc(F)c(F)cc12. The van der Waals surface area contributed by atoms with Crippen LogP contribution in [0, 0.1) is 29.2 Å². The van der Waals surface area contributed by atoms with E-state index in [1.54, 1.807) is 0 Å². The van der Waals surface area contributed by atoms with E-state index in [-0.39, 0.29) is 5.92 Å². The molecule has 4 aliphatic rings. The number of benzene rings is 4. The Bertz CT molecular complexity index is 1650. The third-order valence-electron chi connectivity index (χ3n) is 8.37. The first kappa shape index (κ1) is 22.5. The Kier molecular flexibility index (Phi) is 4.80. The van der Waals surface area contributed by atoms with Crippen LogP contribution in [0.5, 0.6) is 0 Å². The number of hydrogen-bond donors (Lipinski definition) is 1. The molecule has 0 bridgehead atoms. The van der Waals surface area contributed by atoms with E-state index < -0.39 is 28.9 Å². The van der Waals surface area contributed by atoms with Crippen molar-refractivity contribution >= 4 is 5.57 Å². The lowest BCUT2D eigenvalue weighted by atomic mass is 9.86. The number of hydrogen-bond acceptors (Lipinski definition) is 1. The molecular weight excluding hydrogens is 476 g/mol. The summed E-state index contributed by atoms with van der Waals surface area (Å²) in [6.45, 7) is 0. The van der Waals surface area contributed by atoms with E-state index in [0.29, 0.717) is 12.0 Å². The van der Waals surface area contributed by atoms with Gasteiger partial charge in [-0.05, 0) is 100 Å². The van der Waals surface area contributed by atoms with Gasteiger partial charge in [0.25, 0.3) is 0 Å². The number of aliphatic hydroxyl groups is 1. The zero-order valence-electron chi connectivity index (χ0n) is 19.8. The van der Waals surface area contributed by atoms with Crippen LogP contribution in [0.25, 0.3) is 5.57 Å². The summed E-state index contributed by atoms with van der Waals surface area (Å²) in [5.74, 6) is -3.25. The normalized spacial score (nSPS) is 21.5. The average molecular weight is 499 g/mol. The topological polar surface area (TPSA) is 20.2 Å². The molecule has 0 spiro atoms. The van der Waals surface area contributed by atoms with Gasteiger partial charge in [0, 0.05) is 5.92 Å². The van der Waals surface area contributed by atoms with Gasteiger partial charge in [0.2, 0.25) is 0 Å². The van der Waals surface area contributed by atoms with E-state index in [0.717, 1.165) is 58.7 Å². The van der Waals surface area contributed by atoms with Gasteiger partial charge in [-0.25, -0.2) is 17.6 Å². The van der Waals surface area contributed by atoms with Crippen molar-refractivity contribution in [2.24, 2.45) is 5.92 Å². The summed E-state index contributed by atoms with van der Waals surface area (Å²) in [6.07, 6.45) is 3.00. The second-order valence-electron chi connectivity index (χ2n) is 10.4. The highest BCUT2D eigenvalue weighted by atomic mass is 19.2. The van der Waals surface area contributed by atoms with Crippen LogP contribution < -0.4 is 0 Å². The van der Waals surface area contributed by atoms with Crippen LogP contribution in [0.3, 0.4) is 0 Å². The summed E-state index contributed by atoms with van der Waals surface area (Å²) in [5.41, 5.74) is 8.70. The molecule has 0 radical (unpaired) electrons. The summed E-state index contributed by atoms with van der Waals surface area (Å²) in [4.78, 5) is 0. The first-order valence-electron chi connectivity index (χ1n) is 12.4. The van der Waals surface area contributed by atoms with Crippen LogP contribution in [-0.2, 0) is 31.3 Å². The molecule has 2 atom stereocenters. The molecule has 4 aliphatic carbocycles. The average Bonchev–Trinajstić information content (AvgIpc) is 3.57. The Balaban J connectivity index is 0.000000125. The summed E-state index contributed by atoms with van der Waals surface area (Å²) < 4.78 is 53.5. The molecule has 0 saturated carbocycles. The smallest absolute Gasteiger partial charge is 0.159 e. The fraction of sp³-hybridized carbons (Fsp3) is 0.188. The van der Waals surface area contributed by atoms with E-state index >= 15 is 0 Å². The van der Waals surface area contributed by atoms with Crippen LogP contribution in [-0.4, -0.2) is 5.11 Å². The van der Waals surface area contributed by atoms with Crippen molar-refractivity contribution in [1.29, 1.82) is 0 Å². The van der Waals surface area contributed by atoms with Crippen LogP contribution in [0.2, 0.25) is 0 Å². The molecule has 4 aromatic rings. The van der Waals surface area contributed by atoms with Crippen molar-refractivity contribution in [3.63, 3.8) is 0 Å². The molecule has 0 fully saturated rings. The molecule has 8 rings (SSSR count). The summed E-state index contributed by atoms with van der Waals surface area (Å²) in [5, 5.41) is 11.1. The Morgan fingerprint density at radius 1 is 0.595 bits per heavy atom.